The van der Waals surface area contributed by atoms with Crippen LogP contribution in [0.1, 0.15) is 32.1 Å². The van der Waals surface area contributed by atoms with Crippen LogP contribution in [0.4, 0.5) is 5.69 Å². The van der Waals surface area contributed by atoms with Gasteiger partial charge in [0.1, 0.15) is 11.8 Å². The molecular formula is C21H29N5O5. The molecule has 0 aliphatic carbocycles. The number of likely N-dealkylation sites (tertiary alicyclic amines) is 2. The molecule has 168 valence electrons. The maximum Gasteiger partial charge on any atom is 0.274 e. The van der Waals surface area contributed by atoms with Crippen molar-refractivity contribution in [2.45, 2.75) is 38.1 Å². The molecule has 1 aromatic rings. The normalized spacial score (nSPS) is 19.7. The number of carbonyl (C=O) groups excluding carboxylic acids is 2. The first-order chi connectivity index (χ1) is 15.0. The summed E-state index contributed by atoms with van der Waals surface area (Å²) in [5.41, 5.74) is 0.614. The Bertz CT molecular complexity index is 820. The fraction of sp³-hybridized carbons (Fsp3) is 0.524. The molecule has 2 N–H and O–H groups in total. The minimum atomic E-state index is -0.647. The Morgan fingerprint density at radius 3 is 2.52 bits per heavy atom. The zero-order valence-corrected chi connectivity index (χ0v) is 17.7. The van der Waals surface area contributed by atoms with E-state index in [0.29, 0.717) is 24.4 Å². The summed E-state index contributed by atoms with van der Waals surface area (Å²) in [5.74, 6) is 0.525. The molecule has 2 heterocycles. The number of anilines is 1. The molecular weight excluding hydrogens is 402 g/mol. The summed E-state index contributed by atoms with van der Waals surface area (Å²) in [6.07, 6.45) is 4.91. The molecule has 1 aromatic carbocycles. The molecule has 0 bridgehead atoms. The summed E-state index contributed by atoms with van der Waals surface area (Å²) < 4.78 is 5.12. The summed E-state index contributed by atoms with van der Waals surface area (Å²) in [5, 5.41) is 17.1. The van der Waals surface area contributed by atoms with Gasteiger partial charge in [-0.1, -0.05) is 0 Å². The van der Waals surface area contributed by atoms with Crippen molar-refractivity contribution < 1.29 is 19.2 Å². The van der Waals surface area contributed by atoms with Crippen molar-refractivity contribution >= 4 is 17.5 Å². The van der Waals surface area contributed by atoms with E-state index in [-0.39, 0.29) is 24.2 Å². The Balaban J connectivity index is 1.68. The van der Waals surface area contributed by atoms with Crippen LogP contribution in [0, 0.1) is 10.1 Å². The van der Waals surface area contributed by atoms with E-state index in [2.05, 4.69) is 10.6 Å². The Morgan fingerprint density at radius 1 is 1.19 bits per heavy atom. The molecule has 2 fully saturated rings. The van der Waals surface area contributed by atoms with Crippen LogP contribution in [0.25, 0.3) is 0 Å². The molecule has 10 nitrogen and oxygen atoms in total. The smallest absolute Gasteiger partial charge is 0.274 e. The first-order valence-electron chi connectivity index (χ1n) is 10.6. The second-order valence-corrected chi connectivity index (χ2v) is 7.72. The van der Waals surface area contributed by atoms with Crippen molar-refractivity contribution in [2.75, 3.05) is 38.6 Å². The van der Waals surface area contributed by atoms with Gasteiger partial charge in [-0.15, -0.1) is 0 Å². The van der Waals surface area contributed by atoms with Crippen molar-refractivity contribution in [3.63, 3.8) is 0 Å². The lowest BCUT2D eigenvalue weighted by atomic mass is 10.1. The Hall–Kier alpha value is -3.30. The molecule has 0 spiro atoms. The van der Waals surface area contributed by atoms with Gasteiger partial charge in [0.2, 0.25) is 11.8 Å². The van der Waals surface area contributed by atoms with Gasteiger partial charge in [-0.2, -0.15) is 0 Å². The monoisotopic (exact) mass is 431 g/mol. The van der Waals surface area contributed by atoms with Crippen LogP contribution in [0.5, 0.6) is 5.75 Å². The maximum absolute atomic E-state index is 13.1. The summed E-state index contributed by atoms with van der Waals surface area (Å²) in [4.78, 5) is 39.6. The highest BCUT2D eigenvalue weighted by Crippen LogP contribution is 2.18. The van der Waals surface area contributed by atoms with E-state index >= 15 is 0 Å². The molecule has 0 unspecified atom stereocenters. The van der Waals surface area contributed by atoms with Gasteiger partial charge < -0.3 is 25.2 Å². The molecule has 1 atom stereocenters. The van der Waals surface area contributed by atoms with Crippen molar-refractivity contribution in [2.24, 2.45) is 0 Å². The van der Waals surface area contributed by atoms with Crippen LogP contribution in [-0.4, -0.2) is 65.9 Å². The van der Waals surface area contributed by atoms with E-state index in [1.54, 1.807) is 41.2 Å². The second-order valence-electron chi connectivity index (χ2n) is 7.72. The lowest BCUT2D eigenvalue weighted by Gasteiger charge is -2.27. The van der Waals surface area contributed by atoms with Crippen LogP contribution < -0.4 is 15.4 Å². The molecule has 0 saturated carbocycles. The van der Waals surface area contributed by atoms with Crippen LogP contribution >= 0.6 is 0 Å². The third-order valence-corrected chi connectivity index (χ3v) is 5.50. The molecule has 2 saturated heterocycles. The van der Waals surface area contributed by atoms with E-state index in [9.17, 15) is 19.7 Å². The van der Waals surface area contributed by atoms with Gasteiger partial charge in [0.05, 0.1) is 18.6 Å². The molecule has 2 amide bonds. The fourth-order valence-corrected chi connectivity index (χ4v) is 3.85. The average molecular weight is 431 g/mol. The highest BCUT2D eigenvalue weighted by molar-refractivity contribution is 5.88. The predicted octanol–water partition coefficient (Wildman–Crippen LogP) is 1.78. The zero-order chi connectivity index (χ0) is 22.2. The van der Waals surface area contributed by atoms with Crippen molar-refractivity contribution in [1.82, 2.24) is 15.1 Å². The van der Waals surface area contributed by atoms with E-state index in [0.717, 1.165) is 45.0 Å². The number of hydrogen-bond acceptors (Lipinski definition) is 7. The molecule has 0 radical (unpaired) electrons. The summed E-state index contributed by atoms with van der Waals surface area (Å²) >= 11 is 0. The Kier molecular flexibility index (Phi) is 7.69. The third-order valence-electron chi connectivity index (χ3n) is 5.50. The van der Waals surface area contributed by atoms with Crippen molar-refractivity contribution in [3.05, 3.63) is 46.4 Å². The molecule has 0 aromatic heterocycles. The zero-order valence-electron chi connectivity index (χ0n) is 17.7. The van der Waals surface area contributed by atoms with Crippen LogP contribution in [0.3, 0.4) is 0 Å². The van der Waals surface area contributed by atoms with Gasteiger partial charge in [-0.05, 0) is 56.4 Å². The van der Waals surface area contributed by atoms with E-state index in [1.165, 1.54) is 0 Å². The Morgan fingerprint density at radius 2 is 1.87 bits per heavy atom. The van der Waals surface area contributed by atoms with E-state index < -0.39 is 11.0 Å². The molecule has 3 rings (SSSR count). The highest BCUT2D eigenvalue weighted by Gasteiger charge is 2.30. The summed E-state index contributed by atoms with van der Waals surface area (Å²) in [6, 6.07) is 6.27. The lowest BCUT2D eigenvalue weighted by Crippen LogP contribution is -2.49. The number of benzene rings is 1. The van der Waals surface area contributed by atoms with Gasteiger partial charge in [-0.25, -0.2) is 0 Å². The largest absolute Gasteiger partial charge is 0.497 e. The van der Waals surface area contributed by atoms with Gasteiger partial charge >= 0.3 is 0 Å². The van der Waals surface area contributed by atoms with Crippen LogP contribution in [0.2, 0.25) is 0 Å². The SMILES string of the molecule is COc1ccc(N/C(=C\[N+](=O)[O-])N[C@H]2CCCCN(CC(=O)N3CCCC3)C2=O)cc1. The minimum absolute atomic E-state index is 0.0380. The van der Waals surface area contributed by atoms with Gasteiger partial charge in [0.25, 0.3) is 6.20 Å². The number of nitro groups is 1. The molecule has 2 aliphatic rings. The minimum Gasteiger partial charge on any atom is -0.497 e. The standard InChI is InChI=1S/C21H29N5O5/c1-31-17-9-7-16(8-10-17)22-19(14-26(29)30)23-18-6-2-3-13-25(21(18)28)15-20(27)24-11-4-5-12-24/h7-10,14,18,22-23H,2-6,11-13,15H2,1H3/b19-14+/t18-/m0/s1. The molecule has 2 aliphatic heterocycles. The van der Waals surface area contributed by atoms with Gasteiger partial charge in [-0.3, -0.25) is 19.7 Å². The Labute approximate surface area is 181 Å². The number of ether oxygens (including phenoxy) is 1. The molecule has 31 heavy (non-hydrogen) atoms. The topological polar surface area (TPSA) is 117 Å². The maximum atomic E-state index is 13.1. The quantitative estimate of drug-likeness (QED) is 0.476. The van der Waals surface area contributed by atoms with Crippen molar-refractivity contribution in [3.8, 4) is 5.75 Å². The highest BCUT2D eigenvalue weighted by atomic mass is 16.6. The van der Waals surface area contributed by atoms with Gasteiger partial charge in [0, 0.05) is 25.3 Å². The lowest BCUT2D eigenvalue weighted by molar-refractivity contribution is -0.403. The predicted molar refractivity (Wildman–Crippen MR) is 115 cm³/mol. The van der Waals surface area contributed by atoms with Crippen LogP contribution in [-0.2, 0) is 9.59 Å². The molecule has 10 heteroatoms. The second kappa shape index (κ2) is 10.6. The first-order valence-corrected chi connectivity index (χ1v) is 10.6. The average Bonchev–Trinajstić information content (AvgIpc) is 3.24. The van der Waals surface area contributed by atoms with Crippen molar-refractivity contribution in [1.29, 1.82) is 0 Å². The van der Waals surface area contributed by atoms with Gasteiger partial charge in [0.15, 0.2) is 5.82 Å². The summed E-state index contributed by atoms with van der Waals surface area (Å²) in [7, 11) is 1.56. The van der Waals surface area contributed by atoms with E-state index in [4.69, 9.17) is 4.74 Å². The fourth-order valence-electron chi connectivity index (χ4n) is 3.85. The number of hydrogen-bond donors (Lipinski definition) is 2. The number of methoxy groups -OCH3 is 1. The number of carbonyl (C=O) groups is 2. The number of nitrogens with one attached hydrogen (secondary N) is 2. The number of nitrogens with zero attached hydrogens (tertiary/aromatic N) is 3. The third kappa shape index (κ3) is 6.34. The summed E-state index contributed by atoms with van der Waals surface area (Å²) in [6.45, 7) is 2.04. The number of rotatable bonds is 8. The first kappa shape index (κ1) is 22.4. The number of amides is 2. The van der Waals surface area contributed by atoms with Crippen LogP contribution in [0.15, 0.2) is 36.3 Å². The van der Waals surface area contributed by atoms with E-state index in [1.807, 2.05) is 0 Å².